The first-order valence-electron chi connectivity index (χ1n) is 4.05. The van der Waals surface area contributed by atoms with E-state index in [1.54, 1.807) is 18.9 Å². The highest BCUT2D eigenvalue weighted by molar-refractivity contribution is 7.98. The lowest BCUT2D eigenvalue weighted by molar-refractivity contribution is 0.419. The van der Waals surface area contributed by atoms with Crippen molar-refractivity contribution in [3.63, 3.8) is 0 Å². The second-order valence-electron chi connectivity index (χ2n) is 2.76. The molecule has 0 aliphatic rings. The summed E-state index contributed by atoms with van der Waals surface area (Å²) in [5.41, 5.74) is 1.08. The van der Waals surface area contributed by atoms with Crippen molar-refractivity contribution in [1.29, 1.82) is 0 Å². The monoisotopic (exact) mass is 193 g/mol. The quantitative estimate of drug-likeness (QED) is 0.742. The maximum atomic E-state index is 5.24. The van der Waals surface area contributed by atoms with E-state index in [4.69, 9.17) is 4.74 Å². The number of ether oxygens (including phenoxy) is 1. The highest BCUT2D eigenvalue weighted by Gasteiger charge is 2.03. The van der Waals surface area contributed by atoms with Crippen LogP contribution < -0.4 is 4.74 Å². The van der Waals surface area contributed by atoms with Gasteiger partial charge in [-0.25, -0.2) is 0 Å². The predicted octanol–water partition coefficient (Wildman–Crippen LogP) is 2.90. The summed E-state index contributed by atoms with van der Waals surface area (Å²) in [6.07, 6.45) is 2.05. The Bertz CT molecular complexity index is 422. The van der Waals surface area contributed by atoms with Gasteiger partial charge in [-0.15, -0.1) is 11.8 Å². The van der Waals surface area contributed by atoms with Crippen molar-refractivity contribution in [3.05, 3.63) is 24.3 Å². The van der Waals surface area contributed by atoms with Crippen molar-refractivity contribution >= 4 is 22.7 Å². The van der Waals surface area contributed by atoms with Gasteiger partial charge in [0.2, 0.25) is 0 Å². The molecule has 0 amide bonds. The Labute approximate surface area is 81.3 Å². The summed E-state index contributed by atoms with van der Waals surface area (Å²) < 4.78 is 5.24. The van der Waals surface area contributed by atoms with E-state index >= 15 is 0 Å². The molecule has 1 aromatic carbocycles. The minimum absolute atomic E-state index is 0.901. The molecule has 0 spiro atoms. The fourth-order valence-corrected chi connectivity index (χ4v) is 1.83. The average Bonchev–Trinajstić information content (AvgIpc) is 2.59. The third kappa shape index (κ3) is 1.40. The molecule has 0 fully saturated rings. The Morgan fingerprint density at radius 3 is 2.92 bits per heavy atom. The van der Waals surface area contributed by atoms with Gasteiger partial charge in [0, 0.05) is 5.39 Å². The number of para-hydroxylation sites is 1. The van der Waals surface area contributed by atoms with Gasteiger partial charge in [0.05, 0.1) is 17.7 Å². The van der Waals surface area contributed by atoms with Crippen LogP contribution in [-0.2, 0) is 0 Å². The summed E-state index contributed by atoms with van der Waals surface area (Å²) >= 11 is 1.70. The van der Waals surface area contributed by atoms with Gasteiger partial charge in [-0.3, -0.25) is 0 Å². The highest BCUT2D eigenvalue weighted by Crippen LogP contribution is 2.28. The zero-order chi connectivity index (χ0) is 9.26. The second-order valence-corrected chi connectivity index (χ2v) is 3.61. The number of H-pyrrole nitrogens is 1. The largest absolute Gasteiger partial charge is 0.495 e. The van der Waals surface area contributed by atoms with Crippen LogP contribution in [0, 0.1) is 0 Å². The topological polar surface area (TPSA) is 25.0 Å². The average molecular weight is 193 g/mol. The minimum Gasteiger partial charge on any atom is -0.495 e. The molecule has 2 rings (SSSR count). The number of fused-ring (bicyclic) bond motifs is 1. The van der Waals surface area contributed by atoms with Gasteiger partial charge >= 0.3 is 0 Å². The van der Waals surface area contributed by atoms with E-state index < -0.39 is 0 Å². The molecule has 0 saturated heterocycles. The summed E-state index contributed by atoms with van der Waals surface area (Å²) in [5.74, 6) is 0.901. The Balaban J connectivity index is 2.67. The molecule has 1 aromatic heterocycles. The molecule has 0 unspecified atom stereocenters. The van der Waals surface area contributed by atoms with Gasteiger partial charge in [-0.1, -0.05) is 12.1 Å². The lowest BCUT2D eigenvalue weighted by Crippen LogP contribution is -1.83. The molecule has 1 N–H and O–H groups in total. The van der Waals surface area contributed by atoms with Crippen LogP contribution in [0.2, 0.25) is 0 Å². The van der Waals surface area contributed by atoms with Crippen molar-refractivity contribution in [2.45, 2.75) is 5.03 Å². The van der Waals surface area contributed by atoms with Gasteiger partial charge in [0.15, 0.2) is 0 Å². The van der Waals surface area contributed by atoms with E-state index in [1.807, 2.05) is 12.1 Å². The first-order chi connectivity index (χ1) is 6.35. The molecule has 3 heteroatoms. The molecule has 0 saturated carbocycles. The number of thioether (sulfide) groups is 1. The van der Waals surface area contributed by atoms with E-state index in [0.29, 0.717) is 0 Å². The van der Waals surface area contributed by atoms with Crippen molar-refractivity contribution in [2.24, 2.45) is 0 Å². The zero-order valence-electron chi connectivity index (χ0n) is 7.63. The van der Waals surface area contributed by atoms with Crippen molar-refractivity contribution in [2.75, 3.05) is 13.4 Å². The number of hydrogen-bond acceptors (Lipinski definition) is 2. The zero-order valence-corrected chi connectivity index (χ0v) is 8.44. The standard InChI is InChI=1S/C10H11NOS/c1-12-8-5-3-4-7-6-9(13-2)11-10(7)8/h3-6,11H,1-2H3. The molecule has 0 aliphatic carbocycles. The lowest BCUT2D eigenvalue weighted by Gasteiger charge is -1.99. The Kier molecular flexibility index (Phi) is 2.19. The van der Waals surface area contributed by atoms with E-state index in [1.165, 1.54) is 10.4 Å². The number of methoxy groups -OCH3 is 1. The normalized spacial score (nSPS) is 10.6. The lowest BCUT2D eigenvalue weighted by atomic mass is 10.2. The molecule has 2 aromatic rings. The Hall–Kier alpha value is -1.09. The molecular formula is C10H11NOS. The van der Waals surface area contributed by atoms with Crippen LogP contribution in [0.4, 0.5) is 0 Å². The first-order valence-corrected chi connectivity index (χ1v) is 5.27. The number of nitrogens with one attached hydrogen (secondary N) is 1. The molecular weight excluding hydrogens is 182 g/mol. The molecule has 2 nitrogen and oxygen atoms in total. The van der Waals surface area contributed by atoms with Crippen molar-refractivity contribution < 1.29 is 4.74 Å². The van der Waals surface area contributed by atoms with Crippen LogP contribution in [0.3, 0.4) is 0 Å². The predicted molar refractivity (Wildman–Crippen MR) is 56.6 cm³/mol. The third-order valence-electron chi connectivity index (χ3n) is 2.03. The van der Waals surface area contributed by atoms with Gasteiger partial charge in [-0.05, 0) is 18.4 Å². The van der Waals surface area contributed by atoms with E-state index in [0.717, 1.165) is 11.3 Å². The summed E-state index contributed by atoms with van der Waals surface area (Å²) in [4.78, 5) is 3.30. The molecule has 1 heterocycles. The minimum atomic E-state index is 0.901. The Morgan fingerprint density at radius 1 is 1.38 bits per heavy atom. The van der Waals surface area contributed by atoms with Crippen LogP contribution in [0.25, 0.3) is 10.9 Å². The molecule has 0 atom stereocenters. The number of hydrogen-bond donors (Lipinski definition) is 1. The number of aromatic amines is 1. The second kappa shape index (κ2) is 3.34. The fraction of sp³-hybridized carbons (Fsp3) is 0.200. The summed E-state index contributed by atoms with van der Waals surface area (Å²) in [6, 6.07) is 8.17. The van der Waals surface area contributed by atoms with Crippen molar-refractivity contribution in [3.8, 4) is 5.75 Å². The van der Waals surface area contributed by atoms with Crippen LogP contribution in [-0.4, -0.2) is 18.3 Å². The van der Waals surface area contributed by atoms with Crippen LogP contribution in [0.1, 0.15) is 0 Å². The Morgan fingerprint density at radius 2 is 2.23 bits per heavy atom. The maximum Gasteiger partial charge on any atom is 0.142 e. The van der Waals surface area contributed by atoms with E-state index in [9.17, 15) is 0 Å². The van der Waals surface area contributed by atoms with E-state index in [-0.39, 0.29) is 0 Å². The number of benzene rings is 1. The SMILES string of the molecule is COc1cccc2cc(SC)[nH]c12. The first kappa shape index (κ1) is 8.51. The smallest absolute Gasteiger partial charge is 0.142 e. The van der Waals surface area contributed by atoms with Gasteiger partial charge in [-0.2, -0.15) is 0 Å². The molecule has 0 bridgehead atoms. The van der Waals surface area contributed by atoms with Crippen LogP contribution in [0.5, 0.6) is 5.75 Å². The van der Waals surface area contributed by atoms with E-state index in [2.05, 4.69) is 23.4 Å². The molecule has 68 valence electrons. The van der Waals surface area contributed by atoms with Crippen molar-refractivity contribution in [1.82, 2.24) is 4.98 Å². The molecule has 0 aliphatic heterocycles. The summed E-state index contributed by atoms with van der Waals surface area (Å²) in [5, 5.41) is 2.36. The molecule has 13 heavy (non-hydrogen) atoms. The fourth-order valence-electron chi connectivity index (χ4n) is 1.38. The van der Waals surface area contributed by atoms with Crippen LogP contribution in [0.15, 0.2) is 29.3 Å². The van der Waals surface area contributed by atoms with Gasteiger partial charge < -0.3 is 9.72 Å². The van der Waals surface area contributed by atoms with Crippen LogP contribution >= 0.6 is 11.8 Å². The molecule has 0 radical (unpaired) electrons. The highest BCUT2D eigenvalue weighted by atomic mass is 32.2. The summed E-state index contributed by atoms with van der Waals surface area (Å²) in [6.45, 7) is 0. The number of aromatic nitrogens is 1. The van der Waals surface area contributed by atoms with Gasteiger partial charge in [0.25, 0.3) is 0 Å². The third-order valence-corrected chi connectivity index (χ3v) is 2.69. The number of rotatable bonds is 2. The maximum absolute atomic E-state index is 5.24. The van der Waals surface area contributed by atoms with Gasteiger partial charge in [0.1, 0.15) is 5.75 Å². The summed E-state index contributed by atoms with van der Waals surface area (Å²) in [7, 11) is 1.69.